The largest absolute Gasteiger partial charge is 0.508 e. The van der Waals surface area contributed by atoms with Crippen LogP contribution < -0.4 is 49.5 Å². The Bertz CT molecular complexity index is 1290. The maximum Gasteiger partial charge on any atom is 0.326 e. The second kappa shape index (κ2) is 21.2. The fraction of sp³-hybridized carbons (Fsp3) is 0.567. The minimum atomic E-state index is -1.52. The zero-order valence-corrected chi connectivity index (χ0v) is 27.5. The molecule has 0 radical (unpaired) electrons. The number of phenolic OH excluding ortho intramolecular Hbond substituents is 1. The molecular weight excluding hydrogens is 646 g/mol. The first-order valence-electron chi connectivity index (χ1n) is 15.6. The first-order valence-corrected chi connectivity index (χ1v) is 15.6. The number of benzene rings is 1. The molecule has 0 aliphatic rings. The molecule has 1 rings (SSSR count). The zero-order chi connectivity index (χ0) is 37.3. The summed E-state index contributed by atoms with van der Waals surface area (Å²) in [6, 6.07) is -1.37. The van der Waals surface area contributed by atoms with Crippen molar-refractivity contribution in [3.63, 3.8) is 0 Å². The summed E-state index contributed by atoms with van der Waals surface area (Å²) in [6.45, 7) is 3.77. The molecule has 19 nitrogen and oxygen atoms in total. The van der Waals surface area contributed by atoms with E-state index in [1.165, 1.54) is 24.3 Å². The minimum Gasteiger partial charge on any atom is -0.508 e. The maximum atomic E-state index is 13.6. The molecule has 0 aliphatic carbocycles. The third-order valence-corrected chi connectivity index (χ3v) is 7.06. The van der Waals surface area contributed by atoms with Crippen LogP contribution in [-0.2, 0) is 40.0 Å². The van der Waals surface area contributed by atoms with E-state index in [0.29, 0.717) is 5.56 Å². The van der Waals surface area contributed by atoms with Gasteiger partial charge < -0.3 is 59.5 Å². The zero-order valence-electron chi connectivity index (χ0n) is 27.5. The number of hydrogen-bond donors (Lipinski definition) is 12. The lowest BCUT2D eigenvalue weighted by Gasteiger charge is -2.27. The number of aliphatic carboxylic acids is 2. The highest BCUT2D eigenvalue weighted by atomic mass is 16.4. The number of hydrogen-bond acceptors (Lipinski definition) is 12. The summed E-state index contributed by atoms with van der Waals surface area (Å²) >= 11 is 0. The number of carbonyl (C=O) groups is 7. The van der Waals surface area contributed by atoms with Gasteiger partial charge in [-0.3, -0.25) is 34.1 Å². The summed E-state index contributed by atoms with van der Waals surface area (Å²) in [6.07, 6.45) is -2.13. The molecule has 0 aromatic heterocycles. The summed E-state index contributed by atoms with van der Waals surface area (Å²) in [4.78, 5) is 87.6. The average Bonchev–Trinajstić information content (AvgIpc) is 2.99. The second-order valence-corrected chi connectivity index (χ2v) is 11.9. The lowest BCUT2D eigenvalue weighted by molar-refractivity contribution is -0.143. The molecule has 5 amide bonds. The van der Waals surface area contributed by atoms with Crippen LogP contribution in [0.3, 0.4) is 0 Å². The molecule has 19 heteroatoms. The van der Waals surface area contributed by atoms with Crippen molar-refractivity contribution < 1.29 is 48.9 Å². The Morgan fingerprint density at radius 2 is 1.24 bits per heavy atom. The number of amides is 5. The lowest BCUT2D eigenvalue weighted by atomic mass is 10.0. The van der Waals surface area contributed by atoms with Gasteiger partial charge in [-0.1, -0.05) is 26.0 Å². The van der Waals surface area contributed by atoms with Crippen LogP contribution in [0.4, 0.5) is 0 Å². The van der Waals surface area contributed by atoms with Crippen molar-refractivity contribution in [2.24, 2.45) is 28.9 Å². The molecule has 274 valence electrons. The molecule has 0 unspecified atom stereocenters. The molecular formula is C30H49N9O10. The fourth-order valence-electron chi connectivity index (χ4n) is 4.55. The molecule has 0 spiro atoms. The van der Waals surface area contributed by atoms with Gasteiger partial charge in [0.2, 0.25) is 29.5 Å². The van der Waals surface area contributed by atoms with Crippen LogP contribution >= 0.6 is 0 Å². The fourth-order valence-corrected chi connectivity index (χ4v) is 4.55. The average molecular weight is 696 g/mol. The topological polar surface area (TPSA) is 344 Å². The van der Waals surface area contributed by atoms with E-state index in [-0.39, 0.29) is 56.7 Å². The number of primary amides is 1. The molecule has 16 N–H and O–H groups in total. The molecule has 0 saturated carbocycles. The van der Waals surface area contributed by atoms with E-state index in [4.69, 9.17) is 28.0 Å². The number of nitrogens with two attached hydrogens (primary N) is 4. The first kappa shape index (κ1) is 42.2. The third-order valence-electron chi connectivity index (χ3n) is 7.06. The van der Waals surface area contributed by atoms with Gasteiger partial charge in [0.15, 0.2) is 0 Å². The Balaban J connectivity index is 3.33. The van der Waals surface area contributed by atoms with E-state index in [1.807, 2.05) is 0 Å². The number of aromatic hydroxyl groups is 1. The molecule has 1 aromatic rings. The Morgan fingerprint density at radius 3 is 1.73 bits per heavy atom. The van der Waals surface area contributed by atoms with Gasteiger partial charge in [-0.15, -0.1) is 0 Å². The normalized spacial score (nSPS) is 14.2. The van der Waals surface area contributed by atoms with Gasteiger partial charge in [-0.2, -0.15) is 0 Å². The Labute approximate surface area is 283 Å². The molecule has 0 heterocycles. The van der Waals surface area contributed by atoms with Gasteiger partial charge in [0.1, 0.15) is 36.2 Å². The molecule has 0 aliphatic heterocycles. The van der Waals surface area contributed by atoms with Crippen molar-refractivity contribution in [1.29, 1.82) is 0 Å². The van der Waals surface area contributed by atoms with E-state index in [9.17, 15) is 43.8 Å². The monoisotopic (exact) mass is 695 g/mol. The van der Waals surface area contributed by atoms with E-state index in [0.717, 1.165) is 0 Å². The van der Waals surface area contributed by atoms with E-state index in [2.05, 4.69) is 26.6 Å². The highest BCUT2D eigenvalue weighted by molar-refractivity contribution is 5.96. The van der Waals surface area contributed by atoms with Gasteiger partial charge in [-0.05, 0) is 55.8 Å². The SMILES string of the molecule is CC(C)C[C@H](NC(=O)[C@H](CCCNC(N)N)NC(=O)[C@H](CCC(N)=O)NC(=O)[C@H](Cc1ccc(O)cc1)NC(=O)[C@@H](N)CC(=O)O)C(=O)O. The quantitative estimate of drug-likeness (QED) is 0.0393. The summed E-state index contributed by atoms with van der Waals surface area (Å²) in [5.74, 6) is -7.25. The van der Waals surface area contributed by atoms with Crippen LogP contribution in [-0.4, -0.2) is 99.8 Å². The first-order chi connectivity index (χ1) is 22.9. The summed E-state index contributed by atoms with van der Waals surface area (Å²) in [5.41, 5.74) is 22.4. The van der Waals surface area contributed by atoms with Crippen molar-refractivity contribution in [1.82, 2.24) is 26.6 Å². The highest BCUT2D eigenvalue weighted by Gasteiger charge is 2.32. The van der Waals surface area contributed by atoms with Crippen LogP contribution in [0.1, 0.15) is 57.9 Å². The smallest absolute Gasteiger partial charge is 0.326 e. The summed E-state index contributed by atoms with van der Waals surface area (Å²) in [5, 5.41) is 40.8. The van der Waals surface area contributed by atoms with Crippen LogP contribution in [0.5, 0.6) is 5.75 Å². The molecule has 49 heavy (non-hydrogen) atoms. The van der Waals surface area contributed by atoms with Gasteiger partial charge >= 0.3 is 11.9 Å². The number of nitrogens with one attached hydrogen (secondary N) is 5. The van der Waals surface area contributed by atoms with Crippen LogP contribution in [0.2, 0.25) is 0 Å². The third kappa shape index (κ3) is 17.2. The van der Waals surface area contributed by atoms with E-state index < -0.39 is 84.4 Å². The maximum absolute atomic E-state index is 13.6. The van der Waals surface area contributed by atoms with Crippen molar-refractivity contribution in [3.05, 3.63) is 29.8 Å². The summed E-state index contributed by atoms with van der Waals surface area (Å²) in [7, 11) is 0. The van der Waals surface area contributed by atoms with Crippen LogP contribution in [0, 0.1) is 5.92 Å². The number of carboxylic acid groups (broad SMARTS) is 2. The second-order valence-electron chi connectivity index (χ2n) is 11.9. The molecule has 1 aromatic carbocycles. The van der Waals surface area contributed by atoms with E-state index in [1.54, 1.807) is 13.8 Å². The molecule has 0 saturated heterocycles. The minimum absolute atomic E-state index is 0.0111. The van der Waals surface area contributed by atoms with Gasteiger partial charge in [0.05, 0.1) is 12.5 Å². The standard InChI is InChI=1S/C30H49N9O10/c1-15(2)12-22(29(48)49)39-26(45)19(4-3-11-35-30(33)34)36-27(46)20(9-10-23(32)41)37-28(47)21(13-16-5-7-17(40)8-6-16)38-25(44)18(31)14-24(42)43/h5-8,15,18-22,30,35,40H,3-4,9-14,31,33-34H2,1-2H3,(H2,32,41)(H,36,46)(H,37,47)(H,38,44)(H,39,45)(H,42,43)(H,48,49)/t18-,19-,20-,21-,22-/m0/s1. The van der Waals surface area contributed by atoms with Crippen LogP contribution in [0.25, 0.3) is 0 Å². The number of phenols is 1. The Kier molecular flexibility index (Phi) is 18.2. The van der Waals surface area contributed by atoms with Gasteiger partial charge in [-0.25, -0.2) is 4.79 Å². The van der Waals surface area contributed by atoms with E-state index >= 15 is 0 Å². The van der Waals surface area contributed by atoms with Crippen molar-refractivity contribution in [2.45, 2.75) is 95.3 Å². The van der Waals surface area contributed by atoms with Gasteiger partial charge in [0, 0.05) is 12.8 Å². The molecule has 0 fully saturated rings. The lowest BCUT2D eigenvalue weighted by Crippen LogP contribution is -2.59. The predicted molar refractivity (Wildman–Crippen MR) is 175 cm³/mol. The summed E-state index contributed by atoms with van der Waals surface area (Å²) < 4.78 is 0. The highest BCUT2D eigenvalue weighted by Crippen LogP contribution is 2.13. The Morgan fingerprint density at radius 1 is 0.735 bits per heavy atom. The van der Waals surface area contributed by atoms with Crippen LogP contribution in [0.15, 0.2) is 24.3 Å². The number of carboxylic acids is 2. The van der Waals surface area contributed by atoms with Crippen molar-refractivity contribution in [3.8, 4) is 5.75 Å². The number of rotatable bonds is 23. The van der Waals surface area contributed by atoms with Gasteiger partial charge in [0.25, 0.3) is 0 Å². The number of carbonyl (C=O) groups excluding carboxylic acids is 5. The Hall–Kier alpha value is -4.85. The molecule has 0 bridgehead atoms. The predicted octanol–water partition coefficient (Wildman–Crippen LogP) is -3.36. The van der Waals surface area contributed by atoms with Crippen molar-refractivity contribution >= 4 is 41.5 Å². The molecule has 5 atom stereocenters. The van der Waals surface area contributed by atoms with Crippen molar-refractivity contribution in [2.75, 3.05) is 6.54 Å².